The first-order valence-corrected chi connectivity index (χ1v) is 2.64. The Labute approximate surface area is 56.4 Å². The SMILES string of the molecule is C=Cc1oc(=O)oc1S. The third-order valence-electron chi connectivity index (χ3n) is 0.769. The summed E-state index contributed by atoms with van der Waals surface area (Å²) in [6.07, 6.45) is 1.35. The van der Waals surface area contributed by atoms with Gasteiger partial charge in [0.2, 0.25) is 5.09 Å². The van der Waals surface area contributed by atoms with E-state index >= 15 is 0 Å². The lowest BCUT2D eigenvalue weighted by molar-refractivity contribution is 0.359. The molecule has 3 nitrogen and oxygen atoms in total. The maximum atomic E-state index is 10.2. The molecule has 0 atom stereocenters. The number of rotatable bonds is 1. The Hall–Kier alpha value is -0.900. The largest absolute Gasteiger partial charge is 0.520 e. The Morgan fingerprint density at radius 2 is 2.22 bits per heavy atom. The van der Waals surface area contributed by atoms with E-state index in [2.05, 4.69) is 28.0 Å². The van der Waals surface area contributed by atoms with E-state index in [0.717, 1.165) is 0 Å². The monoisotopic (exact) mass is 144 g/mol. The Morgan fingerprint density at radius 1 is 1.56 bits per heavy atom. The van der Waals surface area contributed by atoms with E-state index in [4.69, 9.17) is 0 Å². The lowest BCUT2D eigenvalue weighted by Crippen LogP contribution is -1.84. The van der Waals surface area contributed by atoms with Crippen LogP contribution in [0.5, 0.6) is 0 Å². The van der Waals surface area contributed by atoms with Crippen LogP contribution in [-0.2, 0) is 0 Å². The second-order valence-electron chi connectivity index (χ2n) is 1.33. The number of hydrogen-bond acceptors (Lipinski definition) is 4. The molecule has 1 heterocycles. The maximum Gasteiger partial charge on any atom is 0.520 e. The molecule has 1 rings (SSSR count). The Morgan fingerprint density at radius 3 is 2.44 bits per heavy atom. The van der Waals surface area contributed by atoms with Crippen LogP contribution in [-0.4, -0.2) is 0 Å². The van der Waals surface area contributed by atoms with Crippen LogP contribution >= 0.6 is 12.6 Å². The molecule has 0 saturated carbocycles. The van der Waals surface area contributed by atoms with Gasteiger partial charge in [0.1, 0.15) is 0 Å². The third-order valence-corrected chi connectivity index (χ3v) is 1.08. The summed E-state index contributed by atoms with van der Waals surface area (Å²) >= 11 is 3.77. The Balaban J connectivity index is 3.31. The molecule has 1 aromatic rings. The fourth-order valence-corrected chi connectivity index (χ4v) is 0.624. The molecule has 0 radical (unpaired) electrons. The molecule has 0 unspecified atom stereocenters. The van der Waals surface area contributed by atoms with Crippen molar-refractivity contribution in [2.45, 2.75) is 5.09 Å². The van der Waals surface area contributed by atoms with Gasteiger partial charge in [-0.05, 0) is 6.08 Å². The second-order valence-corrected chi connectivity index (χ2v) is 1.73. The van der Waals surface area contributed by atoms with Crippen molar-refractivity contribution >= 4 is 18.7 Å². The quantitative estimate of drug-likeness (QED) is 0.601. The summed E-state index contributed by atoms with van der Waals surface area (Å²) in [6, 6.07) is 0. The van der Waals surface area contributed by atoms with Gasteiger partial charge in [-0.25, -0.2) is 4.79 Å². The molecule has 0 spiro atoms. The minimum absolute atomic E-state index is 0.162. The van der Waals surface area contributed by atoms with Gasteiger partial charge in [-0.2, -0.15) is 0 Å². The van der Waals surface area contributed by atoms with Gasteiger partial charge < -0.3 is 8.83 Å². The normalized spacial score (nSPS) is 9.44. The first-order valence-electron chi connectivity index (χ1n) is 2.19. The highest BCUT2D eigenvalue weighted by atomic mass is 32.1. The standard InChI is InChI=1S/C5H4O3S/c1-2-3-4(9)8-5(6)7-3/h2,9H,1H2. The first-order chi connectivity index (χ1) is 4.24. The van der Waals surface area contributed by atoms with E-state index in [1.165, 1.54) is 6.08 Å². The minimum Gasteiger partial charge on any atom is -0.390 e. The van der Waals surface area contributed by atoms with Gasteiger partial charge in [0.25, 0.3) is 0 Å². The van der Waals surface area contributed by atoms with Gasteiger partial charge in [0.15, 0.2) is 5.76 Å². The molecule has 0 aliphatic rings. The average Bonchev–Trinajstić information content (AvgIpc) is 2.10. The predicted molar refractivity (Wildman–Crippen MR) is 34.6 cm³/mol. The highest BCUT2D eigenvalue weighted by molar-refractivity contribution is 7.80. The van der Waals surface area contributed by atoms with Crippen molar-refractivity contribution in [2.75, 3.05) is 0 Å². The van der Waals surface area contributed by atoms with Crippen LogP contribution in [0.2, 0.25) is 0 Å². The molecule has 0 bridgehead atoms. The zero-order chi connectivity index (χ0) is 6.85. The summed E-state index contributed by atoms with van der Waals surface area (Å²) in [5, 5.41) is 0.162. The third kappa shape index (κ3) is 1.08. The van der Waals surface area contributed by atoms with Crippen LogP contribution < -0.4 is 5.82 Å². The molecule has 48 valence electrons. The highest BCUT2D eigenvalue weighted by Gasteiger charge is 2.02. The van der Waals surface area contributed by atoms with Gasteiger partial charge in [-0.1, -0.05) is 6.58 Å². The summed E-state index contributed by atoms with van der Waals surface area (Å²) in [7, 11) is 0. The van der Waals surface area contributed by atoms with E-state index < -0.39 is 5.82 Å². The molecule has 0 N–H and O–H groups in total. The molecule has 0 aliphatic heterocycles. The van der Waals surface area contributed by atoms with Crippen molar-refractivity contribution in [3.63, 3.8) is 0 Å². The second kappa shape index (κ2) is 2.14. The summed E-state index contributed by atoms with van der Waals surface area (Å²) in [5.41, 5.74) is 0. The van der Waals surface area contributed by atoms with Crippen LogP contribution in [0.3, 0.4) is 0 Å². The molecule has 1 aromatic heterocycles. The van der Waals surface area contributed by atoms with E-state index in [-0.39, 0.29) is 10.9 Å². The van der Waals surface area contributed by atoms with Crippen LogP contribution in [0.15, 0.2) is 25.3 Å². The number of thiol groups is 1. The molecule has 0 amide bonds. The van der Waals surface area contributed by atoms with Crippen LogP contribution in [0.4, 0.5) is 0 Å². The molecular weight excluding hydrogens is 140 g/mol. The fraction of sp³-hybridized carbons (Fsp3) is 0. The van der Waals surface area contributed by atoms with Crippen molar-refractivity contribution in [1.82, 2.24) is 0 Å². The Bertz CT molecular complexity index is 270. The van der Waals surface area contributed by atoms with Gasteiger partial charge in [0, 0.05) is 0 Å². The van der Waals surface area contributed by atoms with Crippen LogP contribution in [0, 0.1) is 0 Å². The van der Waals surface area contributed by atoms with Gasteiger partial charge in [-0.3, -0.25) is 0 Å². The summed E-state index contributed by atoms with van der Waals surface area (Å²) in [6.45, 7) is 3.36. The first kappa shape index (κ1) is 6.22. The molecule has 0 aliphatic carbocycles. The average molecular weight is 144 g/mol. The van der Waals surface area contributed by atoms with Crippen molar-refractivity contribution in [1.29, 1.82) is 0 Å². The lowest BCUT2D eigenvalue weighted by Gasteiger charge is -1.76. The van der Waals surface area contributed by atoms with Crippen molar-refractivity contribution in [2.24, 2.45) is 0 Å². The summed E-state index contributed by atoms with van der Waals surface area (Å²) in [4.78, 5) is 10.2. The predicted octanol–water partition coefficient (Wildman–Crippen LogP) is 1.16. The van der Waals surface area contributed by atoms with Crippen LogP contribution in [0.25, 0.3) is 6.08 Å². The van der Waals surface area contributed by atoms with Gasteiger partial charge >= 0.3 is 5.82 Å². The topological polar surface area (TPSA) is 43.4 Å². The van der Waals surface area contributed by atoms with E-state index in [0.29, 0.717) is 0 Å². The molecule has 0 aromatic carbocycles. The minimum atomic E-state index is -0.755. The maximum absolute atomic E-state index is 10.2. The smallest absolute Gasteiger partial charge is 0.390 e. The van der Waals surface area contributed by atoms with Crippen LogP contribution in [0.1, 0.15) is 5.76 Å². The van der Waals surface area contributed by atoms with Gasteiger partial charge in [-0.15, -0.1) is 12.6 Å². The number of hydrogen-bond donors (Lipinski definition) is 1. The summed E-state index contributed by atoms with van der Waals surface area (Å²) < 4.78 is 8.82. The van der Waals surface area contributed by atoms with E-state index in [9.17, 15) is 4.79 Å². The molecule has 9 heavy (non-hydrogen) atoms. The highest BCUT2D eigenvalue weighted by Crippen LogP contribution is 2.11. The molecular formula is C5H4O3S. The zero-order valence-electron chi connectivity index (χ0n) is 4.46. The Kier molecular flexibility index (Phi) is 1.48. The fourth-order valence-electron chi connectivity index (χ4n) is 0.412. The van der Waals surface area contributed by atoms with Gasteiger partial charge in [0.05, 0.1) is 0 Å². The van der Waals surface area contributed by atoms with Crippen molar-refractivity contribution in [3.05, 3.63) is 23.0 Å². The molecule has 4 heteroatoms. The van der Waals surface area contributed by atoms with Crippen molar-refractivity contribution < 1.29 is 8.83 Å². The molecule has 0 fully saturated rings. The van der Waals surface area contributed by atoms with E-state index in [1.807, 2.05) is 0 Å². The van der Waals surface area contributed by atoms with Crippen molar-refractivity contribution in [3.8, 4) is 0 Å². The summed E-state index contributed by atoms with van der Waals surface area (Å²) in [5.74, 6) is -0.488. The zero-order valence-corrected chi connectivity index (χ0v) is 5.35. The molecule has 0 saturated heterocycles. The lowest BCUT2D eigenvalue weighted by atomic mass is 10.5. The van der Waals surface area contributed by atoms with E-state index in [1.54, 1.807) is 0 Å².